The summed E-state index contributed by atoms with van der Waals surface area (Å²) in [6.07, 6.45) is 1.50. The maximum Gasteiger partial charge on any atom is 0.343 e. The van der Waals surface area contributed by atoms with Gasteiger partial charge in [0.25, 0.3) is 0 Å². The van der Waals surface area contributed by atoms with Crippen LogP contribution in [0, 0.1) is 13.8 Å². The Morgan fingerprint density at radius 3 is 2.44 bits per heavy atom. The maximum absolute atomic E-state index is 12.2. The van der Waals surface area contributed by atoms with E-state index in [9.17, 15) is 4.79 Å². The lowest BCUT2D eigenvalue weighted by atomic mass is 10.1. The Labute approximate surface area is 191 Å². The first-order valence-electron chi connectivity index (χ1n) is 10.4. The predicted molar refractivity (Wildman–Crippen MR) is 128 cm³/mol. The van der Waals surface area contributed by atoms with Crippen molar-refractivity contribution in [2.45, 2.75) is 27.3 Å². The normalized spacial score (nSPS) is 10.7. The van der Waals surface area contributed by atoms with Gasteiger partial charge in [0.15, 0.2) is 0 Å². The van der Waals surface area contributed by atoms with Crippen LogP contribution in [-0.2, 0) is 11.3 Å². The van der Waals surface area contributed by atoms with E-state index in [1.165, 1.54) is 11.8 Å². The monoisotopic (exact) mass is 444 g/mol. The molecule has 0 amide bonds. The minimum atomic E-state index is -0.432. The van der Waals surface area contributed by atoms with Crippen molar-refractivity contribution >= 4 is 23.1 Å². The average Bonchev–Trinajstić information content (AvgIpc) is 3.29. The Hall–Kier alpha value is -3.58. The number of hydrogen-bond acceptors (Lipinski definition) is 7. The van der Waals surface area contributed by atoms with Gasteiger partial charge in [-0.1, -0.05) is 54.1 Å². The van der Waals surface area contributed by atoms with Crippen molar-refractivity contribution in [3.63, 3.8) is 0 Å². The first-order chi connectivity index (χ1) is 15.5. The van der Waals surface area contributed by atoms with Gasteiger partial charge in [-0.25, -0.2) is 19.7 Å². The number of benzene rings is 2. The third-order valence-corrected chi connectivity index (χ3v) is 5.81. The molecule has 0 radical (unpaired) electrons. The van der Waals surface area contributed by atoms with Gasteiger partial charge in [-0.05, 0) is 26.3 Å². The summed E-state index contributed by atoms with van der Waals surface area (Å²) in [4.78, 5) is 25.4. The highest BCUT2D eigenvalue weighted by atomic mass is 32.1. The summed E-state index contributed by atoms with van der Waals surface area (Å²) in [6, 6.07) is 16.6. The van der Waals surface area contributed by atoms with Gasteiger partial charge < -0.3 is 10.1 Å². The molecule has 2 aromatic carbocycles. The zero-order valence-electron chi connectivity index (χ0n) is 18.3. The number of carbonyl (C=O) groups is 1. The third kappa shape index (κ3) is 5.00. The van der Waals surface area contributed by atoms with Crippen molar-refractivity contribution in [3.05, 3.63) is 82.6 Å². The van der Waals surface area contributed by atoms with Gasteiger partial charge in [-0.15, -0.1) is 11.3 Å². The van der Waals surface area contributed by atoms with Crippen molar-refractivity contribution in [2.75, 3.05) is 11.9 Å². The van der Waals surface area contributed by atoms with Crippen LogP contribution in [0.15, 0.2) is 60.1 Å². The highest BCUT2D eigenvalue weighted by molar-refractivity contribution is 7.13. The highest BCUT2D eigenvalue weighted by Gasteiger charge is 2.15. The number of aryl methyl sites for hydroxylation is 2. The van der Waals surface area contributed by atoms with Crippen molar-refractivity contribution in [1.29, 1.82) is 0 Å². The molecule has 0 aliphatic carbocycles. The molecule has 0 fully saturated rings. The Bertz CT molecular complexity index is 1220. The molecule has 4 rings (SSSR count). The number of esters is 1. The number of hydrogen-bond donors (Lipinski definition) is 1. The summed E-state index contributed by atoms with van der Waals surface area (Å²) >= 11 is 1.63. The Morgan fingerprint density at radius 2 is 1.72 bits per heavy atom. The number of carbonyl (C=O) groups excluding carboxylic acids is 1. The number of nitrogens with one attached hydrogen (secondary N) is 1. The number of anilines is 1. The van der Waals surface area contributed by atoms with Crippen LogP contribution in [0.3, 0.4) is 0 Å². The molecule has 32 heavy (non-hydrogen) atoms. The average molecular weight is 445 g/mol. The summed E-state index contributed by atoms with van der Waals surface area (Å²) in [5.74, 6) is 0.630. The maximum atomic E-state index is 12.2. The van der Waals surface area contributed by atoms with E-state index in [2.05, 4.69) is 64.0 Å². The molecule has 4 aromatic rings. The lowest BCUT2D eigenvalue weighted by Crippen LogP contribution is -2.13. The van der Waals surface area contributed by atoms with Crippen LogP contribution in [0.1, 0.15) is 34.2 Å². The zero-order valence-corrected chi connectivity index (χ0v) is 19.1. The van der Waals surface area contributed by atoms with Crippen molar-refractivity contribution in [3.8, 4) is 21.8 Å². The number of rotatable bonds is 7. The number of thiazole rings is 1. The molecule has 162 valence electrons. The predicted octanol–water partition coefficient (Wildman–Crippen LogP) is 5.67. The van der Waals surface area contributed by atoms with Gasteiger partial charge in [0.2, 0.25) is 0 Å². The van der Waals surface area contributed by atoms with Crippen LogP contribution in [0.25, 0.3) is 21.8 Å². The SMILES string of the molecule is CCOC(=O)c1cnc(C)nc1NCc1ccc(-c2nc(-c3ccc(C)cc3)cs2)cc1. The topological polar surface area (TPSA) is 77.0 Å². The molecule has 0 unspecified atom stereocenters. The van der Waals surface area contributed by atoms with Gasteiger partial charge in [-0.3, -0.25) is 0 Å². The molecule has 0 spiro atoms. The fourth-order valence-electron chi connectivity index (χ4n) is 3.18. The van der Waals surface area contributed by atoms with E-state index < -0.39 is 5.97 Å². The molecule has 0 saturated carbocycles. The summed E-state index contributed by atoms with van der Waals surface area (Å²) < 4.78 is 5.10. The first kappa shape index (κ1) is 21.6. The van der Waals surface area contributed by atoms with E-state index in [-0.39, 0.29) is 0 Å². The lowest BCUT2D eigenvalue weighted by molar-refractivity contribution is 0.0526. The summed E-state index contributed by atoms with van der Waals surface area (Å²) in [6.45, 7) is 6.46. The van der Waals surface area contributed by atoms with Crippen molar-refractivity contribution in [2.24, 2.45) is 0 Å². The van der Waals surface area contributed by atoms with Gasteiger partial charge >= 0.3 is 5.97 Å². The van der Waals surface area contributed by atoms with Gasteiger partial charge in [0, 0.05) is 29.2 Å². The second-order valence-corrected chi connectivity index (χ2v) is 8.21. The van der Waals surface area contributed by atoms with Crippen LogP contribution in [0.4, 0.5) is 5.82 Å². The van der Waals surface area contributed by atoms with Crippen LogP contribution in [0.5, 0.6) is 0 Å². The second kappa shape index (κ2) is 9.70. The standard InChI is InChI=1S/C25H24N4O2S/c1-4-31-25(30)21-14-26-17(3)28-23(21)27-13-18-7-11-20(12-8-18)24-29-22(15-32-24)19-9-5-16(2)6-10-19/h5-12,14-15H,4,13H2,1-3H3,(H,26,27,28). The Morgan fingerprint density at radius 1 is 1.00 bits per heavy atom. The number of nitrogens with zero attached hydrogens (tertiary/aromatic N) is 3. The molecule has 2 aromatic heterocycles. The number of aromatic nitrogens is 3. The highest BCUT2D eigenvalue weighted by Crippen LogP contribution is 2.29. The van der Waals surface area contributed by atoms with Gasteiger partial charge in [-0.2, -0.15) is 0 Å². The minimum Gasteiger partial charge on any atom is -0.462 e. The largest absolute Gasteiger partial charge is 0.462 e. The van der Waals surface area contributed by atoms with Crippen LogP contribution in [-0.4, -0.2) is 27.5 Å². The molecular formula is C25H24N4O2S. The molecule has 6 nitrogen and oxygen atoms in total. The van der Waals surface area contributed by atoms with Gasteiger partial charge in [0.1, 0.15) is 22.2 Å². The van der Waals surface area contributed by atoms with E-state index >= 15 is 0 Å². The summed E-state index contributed by atoms with van der Waals surface area (Å²) in [7, 11) is 0. The lowest BCUT2D eigenvalue weighted by Gasteiger charge is -2.11. The smallest absolute Gasteiger partial charge is 0.343 e. The summed E-state index contributed by atoms with van der Waals surface area (Å²) in [5, 5.41) is 6.30. The fraction of sp³-hybridized carbons (Fsp3) is 0.200. The molecule has 0 atom stereocenters. The molecule has 0 aliphatic rings. The second-order valence-electron chi connectivity index (χ2n) is 7.35. The van der Waals surface area contributed by atoms with Crippen LogP contribution < -0.4 is 5.32 Å². The molecule has 2 heterocycles. The van der Waals surface area contributed by atoms with E-state index in [1.807, 2.05) is 12.1 Å². The van der Waals surface area contributed by atoms with Crippen LogP contribution in [0.2, 0.25) is 0 Å². The molecule has 1 N–H and O–H groups in total. The van der Waals surface area contributed by atoms with E-state index in [0.717, 1.165) is 27.4 Å². The molecule has 7 heteroatoms. The van der Waals surface area contributed by atoms with E-state index in [4.69, 9.17) is 9.72 Å². The third-order valence-electron chi connectivity index (χ3n) is 4.92. The molecule has 0 bridgehead atoms. The van der Waals surface area contributed by atoms with Crippen molar-refractivity contribution < 1.29 is 9.53 Å². The molecular weight excluding hydrogens is 420 g/mol. The van der Waals surface area contributed by atoms with E-state index in [1.54, 1.807) is 25.2 Å². The zero-order chi connectivity index (χ0) is 22.5. The van der Waals surface area contributed by atoms with Gasteiger partial charge in [0.05, 0.1) is 12.3 Å². The van der Waals surface area contributed by atoms with Crippen LogP contribution >= 0.6 is 11.3 Å². The van der Waals surface area contributed by atoms with E-state index in [0.29, 0.717) is 30.4 Å². The number of ether oxygens (including phenoxy) is 1. The Balaban J connectivity index is 1.46. The Kier molecular flexibility index (Phi) is 6.56. The van der Waals surface area contributed by atoms with Crippen molar-refractivity contribution in [1.82, 2.24) is 15.0 Å². The molecule has 0 aliphatic heterocycles. The molecule has 0 saturated heterocycles. The minimum absolute atomic E-state index is 0.302. The first-order valence-corrected chi connectivity index (χ1v) is 11.3. The fourth-order valence-corrected chi connectivity index (χ4v) is 4.01. The summed E-state index contributed by atoms with van der Waals surface area (Å²) in [5.41, 5.74) is 5.82. The quantitative estimate of drug-likeness (QED) is 0.370.